The number of amides is 1. The van der Waals surface area contributed by atoms with Gasteiger partial charge in [0.05, 0.1) is 17.4 Å². The second-order valence-electron chi connectivity index (χ2n) is 7.83. The third kappa shape index (κ3) is 5.49. The molecule has 1 aromatic rings. The fraction of sp³-hybridized carbons (Fsp3) is 0.650. The molecule has 3 rings (SSSR count). The first-order valence-electron chi connectivity index (χ1n) is 10.0. The summed E-state index contributed by atoms with van der Waals surface area (Å²) >= 11 is 6.45. The number of hydrogen-bond acceptors (Lipinski definition) is 4. The third-order valence-electron chi connectivity index (χ3n) is 5.65. The summed E-state index contributed by atoms with van der Waals surface area (Å²) in [7, 11) is 0. The van der Waals surface area contributed by atoms with Gasteiger partial charge in [0.2, 0.25) is 0 Å². The van der Waals surface area contributed by atoms with Crippen molar-refractivity contribution in [3.63, 3.8) is 0 Å². The zero-order chi connectivity index (χ0) is 21.9. The van der Waals surface area contributed by atoms with Crippen molar-refractivity contribution in [3.05, 3.63) is 28.8 Å². The van der Waals surface area contributed by atoms with Crippen molar-refractivity contribution in [1.29, 1.82) is 0 Å². The van der Waals surface area contributed by atoms with Gasteiger partial charge in [-0.25, -0.2) is 4.79 Å². The van der Waals surface area contributed by atoms with Crippen molar-refractivity contribution in [1.82, 2.24) is 9.80 Å². The SMILES string of the molecule is CC(OC(=O)N1CCN(Cc2cccc(Cl)c2N2CC[C@H](CF)C2)CC1)C(F)(F)F. The number of benzene rings is 1. The molecular formula is C20H26ClF4N3O2. The van der Waals surface area contributed by atoms with Gasteiger partial charge in [-0.05, 0) is 25.0 Å². The number of para-hydroxylation sites is 1. The first-order chi connectivity index (χ1) is 14.2. The van der Waals surface area contributed by atoms with Crippen molar-refractivity contribution in [2.75, 3.05) is 50.8 Å². The molecule has 0 aromatic heterocycles. The van der Waals surface area contributed by atoms with Crippen molar-refractivity contribution < 1.29 is 27.1 Å². The molecule has 1 aromatic carbocycles. The highest BCUT2D eigenvalue weighted by Gasteiger charge is 2.40. The highest BCUT2D eigenvalue weighted by atomic mass is 35.5. The number of halogens is 5. The molecule has 10 heteroatoms. The standard InChI is InChI=1S/C20H26ClF4N3O2/c1-14(20(23,24)25)30-19(29)27-9-7-26(8-10-27)13-16-3-2-4-17(21)18(16)28-6-5-15(11-22)12-28/h2-4,14-15H,5-13H2,1H3/t14?,15-/m1/s1. The van der Waals surface area contributed by atoms with Gasteiger partial charge in [0.1, 0.15) is 0 Å². The minimum absolute atomic E-state index is 0.0165. The lowest BCUT2D eigenvalue weighted by atomic mass is 10.1. The van der Waals surface area contributed by atoms with Crippen LogP contribution in [0.1, 0.15) is 18.9 Å². The number of carbonyl (C=O) groups excluding carboxylic acids is 1. The number of alkyl halides is 4. The van der Waals surface area contributed by atoms with Crippen LogP contribution in [-0.4, -0.2) is 74.1 Å². The number of hydrogen-bond donors (Lipinski definition) is 0. The smallest absolute Gasteiger partial charge is 0.425 e. The van der Waals surface area contributed by atoms with Crippen LogP contribution in [0.4, 0.5) is 28.0 Å². The molecule has 0 saturated carbocycles. The zero-order valence-electron chi connectivity index (χ0n) is 16.8. The molecule has 2 heterocycles. The van der Waals surface area contributed by atoms with Crippen LogP contribution in [0.25, 0.3) is 0 Å². The Labute approximate surface area is 178 Å². The van der Waals surface area contributed by atoms with Crippen LogP contribution >= 0.6 is 11.6 Å². The summed E-state index contributed by atoms with van der Waals surface area (Å²) in [5, 5.41) is 0.621. The van der Waals surface area contributed by atoms with E-state index in [4.69, 9.17) is 11.6 Å². The van der Waals surface area contributed by atoms with E-state index in [1.807, 2.05) is 18.2 Å². The zero-order valence-corrected chi connectivity index (χ0v) is 17.6. The van der Waals surface area contributed by atoms with Gasteiger partial charge in [-0.2, -0.15) is 13.2 Å². The lowest BCUT2D eigenvalue weighted by molar-refractivity contribution is -0.200. The Morgan fingerprint density at radius 1 is 1.23 bits per heavy atom. The molecule has 2 saturated heterocycles. The summed E-state index contributed by atoms with van der Waals surface area (Å²) in [4.78, 5) is 17.5. The van der Waals surface area contributed by atoms with E-state index >= 15 is 0 Å². The van der Waals surface area contributed by atoms with E-state index in [0.29, 0.717) is 31.2 Å². The average Bonchev–Trinajstić information content (AvgIpc) is 3.16. The topological polar surface area (TPSA) is 36.0 Å². The molecule has 1 amide bonds. The van der Waals surface area contributed by atoms with E-state index in [-0.39, 0.29) is 25.7 Å². The summed E-state index contributed by atoms with van der Waals surface area (Å²) in [5.41, 5.74) is 1.93. The van der Waals surface area contributed by atoms with E-state index in [1.54, 1.807) is 0 Å². The van der Waals surface area contributed by atoms with Crippen LogP contribution in [0.2, 0.25) is 5.02 Å². The lowest BCUT2D eigenvalue weighted by Gasteiger charge is -2.35. The quantitative estimate of drug-likeness (QED) is 0.624. The van der Waals surface area contributed by atoms with Crippen molar-refractivity contribution in [3.8, 4) is 0 Å². The minimum atomic E-state index is -4.57. The van der Waals surface area contributed by atoms with E-state index in [9.17, 15) is 22.4 Å². The predicted octanol–water partition coefficient (Wildman–Crippen LogP) is 4.34. The van der Waals surface area contributed by atoms with Crippen LogP contribution in [0.15, 0.2) is 18.2 Å². The Balaban J connectivity index is 1.58. The van der Waals surface area contributed by atoms with Crippen molar-refractivity contribution >= 4 is 23.4 Å². The molecule has 2 aliphatic rings. The summed E-state index contributed by atoms with van der Waals surface area (Å²) < 4.78 is 55.3. The fourth-order valence-electron chi connectivity index (χ4n) is 3.83. The van der Waals surface area contributed by atoms with Gasteiger partial charge in [0.15, 0.2) is 6.10 Å². The molecule has 0 radical (unpaired) electrons. The van der Waals surface area contributed by atoms with E-state index in [2.05, 4.69) is 14.5 Å². The van der Waals surface area contributed by atoms with E-state index in [1.165, 1.54) is 4.90 Å². The van der Waals surface area contributed by atoms with Gasteiger partial charge in [-0.15, -0.1) is 0 Å². The maximum Gasteiger partial charge on any atom is 0.425 e. The van der Waals surface area contributed by atoms with Crippen LogP contribution in [0.5, 0.6) is 0 Å². The highest BCUT2D eigenvalue weighted by molar-refractivity contribution is 6.33. The number of anilines is 1. The monoisotopic (exact) mass is 451 g/mol. The summed E-state index contributed by atoms with van der Waals surface area (Å²) in [6.45, 7) is 4.03. The van der Waals surface area contributed by atoms with E-state index in [0.717, 1.165) is 31.1 Å². The molecular weight excluding hydrogens is 426 g/mol. The van der Waals surface area contributed by atoms with Crippen LogP contribution < -0.4 is 4.90 Å². The Morgan fingerprint density at radius 2 is 1.93 bits per heavy atom. The normalized spacial score (nSPS) is 21.7. The van der Waals surface area contributed by atoms with Gasteiger partial charge < -0.3 is 14.5 Å². The molecule has 30 heavy (non-hydrogen) atoms. The molecule has 0 aliphatic carbocycles. The molecule has 1 unspecified atom stereocenters. The molecule has 0 N–H and O–H groups in total. The average molecular weight is 452 g/mol. The highest BCUT2D eigenvalue weighted by Crippen LogP contribution is 2.34. The van der Waals surface area contributed by atoms with Gasteiger partial charge in [-0.1, -0.05) is 23.7 Å². The summed E-state index contributed by atoms with van der Waals surface area (Å²) in [6, 6.07) is 5.67. The second kappa shape index (κ2) is 9.60. The predicted molar refractivity (Wildman–Crippen MR) is 107 cm³/mol. The molecule has 2 fully saturated rings. The summed E-state index contributed by atoms with van der Waals surface area (Å²) in [5.74, 6) is 0.0165. The third-order valence-corrected chi connectivity index (χ3v) is 5.96. The largest absolute Gasteiger partial charge is 0.437 e. The first-order valence-corrected chi connectivity index (χ1v) is 10.4. The molecule has 0 spiro atoms. The van der Waals surface area contributed by atoms with Crippen LogP contribution in [0.3, 0.4) is 0 Å². The molecule has 0 bridgehead atoms. The summed E-state index contributed by atoms with van der Waals surface area (Å²) in [6.07, 6.45) is -6.86. The van der Waals surface area contributed by atoms with Crippen molar-refractivity contribution in [2.24, 2.45) is 5.92 Å². The Morgan fingerprint density at radius 3 is 2.53 bits per heavy atom. The Bertz CT molecular complexity index is 741. The Kier molecular flexibility index (Phi) is 7.34. The van der Waals surface area contributed by atoms with E-state index < -0.39 is 18.4 Å². The maximum atomic E-state index is 13.0. The molecule has 2 aliphatic heterocycles. The number of rotatable bonds is 5. The fourth-order valence-corrected chi connectivity index (χ4v) is 4.14. The molecule has 5 nitrogen and oxygen atoms in total. The van der Waals surface area contributed by atoms with Gasteiger partial charge >= 0.3 is 12.3 Å². The maximum absolute atomic E-state index is 13.0. The van der Waals surface area contributed by atoms with Gasteiger partial charge in [0, 0.05) is 51.7 Å². The van der Waals surface area contributed by atoms with Crippen LogP contribution in [-0.2, 0) is 11.3 Å². The first kappa shape index (κ1) is 22.9. The Hall–Kier alpha value is -1.74. The second-order valence-corrected chi connectivity index (χ2v) is 8.24. The number of nitrogens with zero attached hydrogens (tertiary/aromatic N) is 3. The van der Waals surface area contributed by atoms with Gasteiger partial charge in [-0.3, -0.25) is 9.29 Å². The minimum Gasteiger partial charge on any atom is -0.437 e. The lowest BCUT2D eigenvalue weighted by Crippen LogP contribution is -2.49. The number of piperazine rings is 1. The van der Waals surface area contributed by atoms with Crippen molar-refractivity contribution in [2.45, 2.75) is 32.2 Å². The number of carbonyl (C=O) groups is 1. The van der Waals surface area contributed by atoms with Gasteiger partial charge in [0.25, 0.3) is 0 Å². The molecule has 168 valence electrons. The molecule has 2 atom stereocenters. The van der Waals surface area contributed by atoms with Crippen LogP contribution in [0, 0.1) is 5.92 Å². The number of ether oxygens (including phenoxy) is 1.